The molecule has 17 heavy (non-hydrogen) atoms. The van der Waals surface area contributed by atoms with Crippen molar-refractivity contribution < 1.29 is 13.3 Å². The third kappa shape index (κ3) is 8.04. The van der Waals surface area contributed by atoms with E-state index in [1.54, 1.807) is 21.3 Å². The summed E-state index contributed by atoms with van der Waals surface area (Å²) in [5.41, 5.74) is 0. The van der Waals surface area contributed by atoms with Crippen LogP contribution in [0.1, 0.15) is 32.1 Å². The standard InChI is InChI=1S/C11H25IO3SSi/c1-13-17(14-2,15-3)10-8-11(16)7-5-4-6-9-12/h11,16H,4-10H2,1-3H3. The lowest BCUT2D eigenvalue weighted by Crippen LogP contribution is -2.43. The first kappa shape index (κ1) is 18.2. The lowest BCUT2D eigenvalue weighted by molar-refractivity contribution is 0.123. The monoisotopic (exact) mass is 392 g/mol. The van der Waals surface area contributed by atoms with Crippen molar-refractivity contribution in [1.29, 1.82) is 0 Å². The van der Waals surface area contributed by atoms with Gasteiger partial charge in [0.1, 0.15) is 0 Å². The van der Waals surface area contributed by atoms with Gasteiger partial charge in [-0.15, -0.1) is 0 Å². The zero-order valence-corrected chi connectivity index (χ0v) is 15.1. The largest absolute Gasteiger partial charge is 0.500 e. The Morgan fingerprint density at radius 3 is 2.06 bits per heavy atom. The summed E-state index contributed by atoms with van der Waals surface area (Å²) in [5, 5.41) is 0.427. The molecule has 0 N–H and O–H groups in total. The zero-order chi connectivity index (χ0) is 13.1. The lowest BCUT2D eigenvalue weighted by atomic mass is 10.1. The van der Waals surface area contributed by atoms with E-state index in [4.69, 9.17) is 13.3 Å². The normalized spacial score (nSPS) is 13.9. The Kier molecular flexibility index (Phi) is 11.8. The summed E-state index contributed by atoms with van der Waals surface area (Å²) in [6.07, 6.45) is 6.05. The van der Waals surface area contributed by atoms with E-state index in [2.05, 4.69) is 35.2 Å². The lowest BCUT2D eigenvalue weighted by Gasteiger charge is -2.25. The van der Waals surface area contributed by atoms with Crippen LogP contribution in [0.4, 0.5) is 0 Å². The van der Waals surface area contributed by atoms with Crippen LogP contribution in [0.2, 0.25) is 6.04 Å². The highest BCUT2D eigenvalue weighted by Crippen LogP contribution is 2.21. The molecule has 0 aromatic heterocycles. The molecule has 0 saturated heterocycles. The second kappa shape index (κ2) is 11.0. The quantitative estimate of drug-likeness (QED) is 0.192. The molecule has 0 fully saturated rings. The SMILES string of the molecule is CO[Si](CCC(S)CCCCCI)(OC)OC. The molecule has 0 radical (unpaired) electrons. The highest BCUT2D eigenvalue weighted by molar-refractivity contribution is 14.1. The van der Waals surface area contributed by atoms with Gasteiger partial charge >= 0.3 is 8.80 Å². The van der Waals surface area contributed by atoms with Crippen LogP contribution in [0, 0.1) is 0 Å². The number of halogens is 1. The fraction of sp³-hybridized carbons (Fsp3) is 1.00. The molecule has 1 unspecified atom stereocenters. The van der Waals surface area contributed by atoms with Crippen molar-refractivity contribution in [2.75, 3.05) is 25.8 Å². The second-order valence-corrected chi connectivity index (χ2v) is 8.93. The first-order chi connectivity index (χ1) is 8.14. The third-order valence-corrected chi connectivity index (χ3v) is 6.93. The molecule has 6 heteroatoms. The Balaban J connectivity index is 3.76. The summed E-state index contributed by atoms with van der Waals surface area (Å²) in [6.45, 7) is 0. The maximum atomic E-state index is 5.39. The van der Waals surface area contributed by atoms with Gasteiger partial charge in [-0.25, -0.2) is 0 Å². The van der Waals surface area contributed by atoms with Crippen molar-refractivity contribution in [1.82, 2.24) is 0 Å². The van der Waals surface area contributed by atoms with Gasteiger partial charge in [0, 0.05) is 32.6 Å². The molecule has 3 nitrogen and oxygen atoms in total. The maximum Gasteiger partial charge on any atom is 0.500 e. The third-order valence-electron chi connectivity index (χ3n) is 2.89. The van der Waals surface area contributed by atoms with Crippen molar-refractivity contribution in [3.63, 3.8) is 0 Å². The van der Waals surface area contributed by atoms with Crippen molar-refractivity contribution in [3.8, 4) is 0 Å². The predicted octanol–water partition coefficient (Wildman–Crippen LogP) is 3.55. The molecule has 0 rings (SSSR count). The minimum Gasteiger partial charge on any atom is -0.377 e. The number of rotatable bonds is 11. The molecule has 0 aliphatic rings. The fourth-order valence-electron chi connectivity index (χ4n) is 1.70. The van der Waals surface area contributed by atoms with Crippen LogP contribution < -0.4 is 0 Å². The second-order valence-electron chi connectivity index (χ2n) is 4.03. The van der Waals surface area contributed by atoms with Gasteiger partial charge in [-0.2, -0.15) is 12.6 Å². The molecule has 104 valence electrons. The minimum absolute atomic E-state index is 0.427. The van der Waals surface area contributed by atoms with Crippen molar-refractivity contribution in [2.24, 2.45) is 0 Å². The topological polar surface area (TPSA) is 27.7 Å². The summed E-state index contributed by atoms with van der Waals surface area (Å²) < 4.78 is 17.4. The van der Waals surface area contributed by atoms with E-state index >= 15 is 0 Å². The Labute approximate surface area is 126 Å². The van der Waals surface area contributed by atoms with Crippen LogP contribution >= 0.6 is 35.2 Å². The Bertz CT molecular complexity index is 174. The number of hydrogen-bond donors (Lipinski definition) is 1. The van der Waals surface area contributed by atoms with Gasteiger partial charge in [0.05, 0.1) is 0 Å². The van der Waals surface area contributed by atoms with E-state index in [1.165, 1.54) is 30.1 Å². The summed E-state index contributed by atoms with van der Waals surface area (Å²) >= 11 is 7.04. The van der Waals surface area contributed by atoms with E-state index in [9.17, 15) is 0 Å². The van der Waals surface area contributed by atoms with E-state index < -0.39 is 8.80 Å². The highest BCUT2D eigenvalue weighted by Gasteiger charge is 2.37. The first-order valence-electron chi connectivity index (χ1n) is 6.03. The minimum atomic E-state index is -2.38. The van der Waals surface area contributed by atoms with Gasteiger partial charge < -0.3 is 13.3 Å². The van der Waals surface area contributed by atoms with Gasteiger partial charge in [0.2, 0.25) is 0 Å². The molecule has 0 spiro atoms. The van der Waals surface area contributed by atoms with Crippen LogP contribution in [0.3, 0.4) is 0 Å². The van der Waals surface area contributed by atoms with Crippen molar-refractivity contribution in [2.45, 2.75) is 43.4 Å². The van der Waals surface area contributed by atoms with Crippen molar-refractivity contribution >= 4 is 44.0 Å². The average molecular weight is 392 g/mol. The molecule has 0 aromatic rings. The molecule has 0 amide bonds. The molecule has 1 atom stereocenters. The molecular formula is C11H25IO3SSi. The smallest absolute Gasteiger partial charge is 0.377 e. The summed E-state index contributed by atoms with van der Waals surface area (Å²) in [5.74, 6) is 0. The van der Waals surface area contributed by atoms with Gasteiger partial charge in [0.25, 0.3) is 0 Å². The van der Waals surface area contributed by atoms with Crippen LogP contribution in [0.25, 0.3) is 0 Å². The number of unbranched alkanes of at least 4 members (excludes halogenated alkanes) is 2. The maximum absolute atomic E-state index is 5.39. The number of hydrogen-bond acceptors (Lipinski definition) is 4. The average Bonchev–Trinajstić information content (AvgIpc) is 2.37. The van der Waals surface area contributed by atoms with E-state index in [1.807, 2.05) is 0 Å². The van der Waals surface area contributed by atoms with E-state index in [0.717, 1.165) is 12.5 Å². The van der Waals surface area contributed by atoms with Crippen LogP contribution in [-0.4, -0.2) is 39.8 Å². The Morgan fingerprint density at radius 2 is 1.59 bits per heavy atom. The summed E-state index contributed by atoms with van der Waals surface area (Å²) in [6, 6.07) is 0.844. The Morgan fingerprint density at radius 1 is 1.00 bits per heavy atom. The van der Waals surface area contributed by atoms with E-state index in [0.29, 0.717) is 5.25 Å². The Hall–Kier alpha value is 1.18. The predicted molar refractivity (Wildman–Crippen MR) is 86.3 cm³/mol. The molecule has 0 aliphatic carbocycles. The van der Waals surface area contributed by atoms with Gasteiger partial charge in [0.15, 0.2) is 0 Å². The molecule has 0 aliphatic heterocycles. The van der Waals surface area contributed by atoms with Crippen LogP contribution in [-0.2, 0) is 13.3 Å². The van der Waals surface area contributed by atoms with Crippen molar-refractivity contribution in [3.05, 3.63) is 0 Å². The first-order valence-corrected chi connectivity index (χ1v) is 10.0. The molecular weight excluding hydrogens is 367 g/mol. The van der Waals surface area contributed by atoms with Crippen LogP contribution in [0.5, 0.6) is 0 Å². The van der Waals surface area contributed by atoms with Gasteiger partial charge in [-0.3, -0.25) is 0 Å². The molecule has 0 saturated carbocycles. The molecule has 0 bridgehead atoms. The van der Waals surface area contributed by atoms with Crippen LogP contribution in [0.15, 0.2) is 0 Å². The van der Waals surface area contributed by atoms with Gasteiger partial charge in [-0.1, -0.05) is 35.4 Å². The zero-order valence-electron chi connectivity index (χ0n) is 11.1. The summed E-state index contributed by atoms with van der Waals surface area (Å²) in [7, 11) is 2.59. The van der Waals surface area contributed by atoms with Gasteiger partial charge in [-0.05, 0) is 23.7 Å². The van der Waals surface area contributed by atoms with E-state index in [-0.39, 0.29) is 0 Å². The number of thiol groups is 1. The number of alkyl halides is 1. The molecule has 0 aromatic carbocycles. The highest BCUT2D eigenvalue weighted by atomic mass is 127. The summed E-state index contributed by atoms with van der Waals surface area (Å²) in [4.78, 5) is 0. The fourth-order valence-corrected chi connectivity index (χ4v) is 4.60. The molecule has 0 heterocycles.